The van der Waals surface area contributed by atoms with Gasteiger partial charge < -0.3 is 11.5 Å². The van der Waals surface area contributed by atoms with E-state index in [0.717, 1.165) is 0 Å². The lowest BCUT2D eigenvalue weighted by atomic mass is 10.3. The van der Waals surface area contributed by atoms with Gasteiger partial charge in [0.25, 0.3) is 0 Å². The molecular weight excluding hydrogens is 124 g/mol. The van der Waals surface area contributed by atoms with Gasteiger partial charge in [-0.1, -0.05) is 13.2 Å². The van der Waals surface area contributed by atoms with Gasteiger partial charge in [0.15, 0.2) is 0 Å². The van der Waals surface area contributed by atoms with Crippen molar-refractivity contribution >= 4 is 0 Å². The van der Waals surface area contributed by atoms with E-state index in [4.69, 9.17) is 11.5 Å². The van der Waals surface area contributed by atoms with Crippen molar-refractivity contribution in [1.29, 1.82) is 0 Å². The summed E-state index contributed by atoms with van der Waals surface area (Å²) in [4.78, 5) is 0. The van der Waals surface area contributed by atoms with Crippen LogP contribution in [-0.4, -0.2) is 0 Å². The van der Waals surface area contributed by atoms with Crippen LogP contribution < -0.4 is 11.5 Å². The molecule has 0 amide bonds. The fourth-order valence-electron chi connectivity index (χ4n) is 0.329. The predicted molar refractivity (Wildman–Crippen MR) is 44.9 cm³/mol. The van der Waals surface area contributed by atoms with Gasteiger partial charge in [-0.3, -0.25) is 0 Å². The van der Waals surface area contributed by atoms with E-state index >= 15 is 0 Å². The van der Waals surface area contributed by atoms with E-state index in [0.29, 0.717) is 11.4 Å². The molecular formula is C8H12N2. The maximum atomic E-state index is 5.38. The lowest BCUT2D eigenvalue weighted by Crippen LogP contribution is -1.93. The summed E-state index contributed by atoms with van der Waals surface area (Å²) in [7, 11) is 0. The second-order valence-electron chi connectivity index (χ2n) is 1.74. The highest BCUT2D eigenvalue weighted by atomic mass is 14.6. The van der Waals surface area contributed by atoms with Gasteiger partial charge in [0.05, 0.1) is 0 Å². The molecule has 0 heterocycles. The molecule has 0 fully saturated rings. The third-order valence-electron chi connectivity index (χ3n) is 0.940. The molecule has 0 saturated carbocycles. The van der Waals surface area contributed by atoms with Crippen LogP contribution in [0.1, 0.15) is 0 Å². The quantitative estimate of drug-likeness (QED) is 0.569. The zero-order chi connectivity index (χ0) is 7.98. The largest absolute Gasteiger partial charge is 0.399 e. The molecule has 2 heteroatoms. The van der Waals surface area contributed by atoms with Gasteiger partial charge in [0.1, 0.15) is 0 Å². The van der Waals surface area contributed by atoms with Crippen LogP contribution in [0.2, 0.25) is 0 Å². The van der Waals surface area contributed by atoms with Crippen LogP contribution in [0, 0.1) is 0 Å². The first-order valence-electron chi connectivity index (χ1n) is 2.88. The predicted octanol–water partition coefficient (Wildman–Crippen LogP) is 1.04. The Morgan fingerprint density at radius 1 is 0.900 bits per heavy atom. The van der Waals surface area contributed by atoms with E-state index in [-0.39, 0.29) is 0 Å². The number of allylic oxidation sites excluding steroid dienone is 4. The lowest BCUT2D eigenvalue weighted by molar-refractivity contribution is 1.39. The minimum Gasteiger partial charge on any atom is -0.399 e. The number of rotatable bonds is 3. The smallest absolute Gasteiger partial charge is 0.0308 e. The monoisotopic (exact) mass is 136 g/mol. The average Bonchev–Trinajstić information content (AvgIpc) is 1.99. The summed E-state index contributed by atoms with van der Waals surface area (Å²) in [6.07, 6.45) is 6.44. The van der Waals surface area contributed by atoms with Crippen LogP contribution in [0.3, 0.4) is 0 Å². The molecule has 0 aliphatic rings. The molecule has 0 aromatic heterocycles. The Bertz CT molecular complexity index is 165. The molecule has 0 aliphatic carbocycles. The molecule has 0 aromatic rings. The Kier molecular flexibility index (Phi) is 3.80. The summed E-state index contributed by atoms with van der Waals surface area (Å²) in [5, 5.41) is 0. The Hall–Kier alpha value is -1.44. The van der Waals surface area contributed by atoms with Crippen molar-refractivity contribution < 1.29 is 0 Å². The van der Waals surface area contributed by atoms with E-state index in [2.05, 4.69) is 13.2 Å². The third kappa shape index (κ3) is 3.55. The van der Waals surface area contributed by atoms with E-state index < -0.39 is 0 Å². The second-order valence-corrected chi connectivity index (χ2v) is 1.74. The van der Waals surface area contributed by atoms with Crippen LogP contribution in [0.15, 0.2) is 48.9 Å². The van der Waals surface area contributed by atoms with Crippen molar-refractivity contribution in [1.82, 2.24) is 0 Å². The molecule has 2 nitrogen and oxygen atoms in total. The molecule has 0 unspecified atom stereocenters. The molecule has 0 radical (unpaired) electrons. The van der Waals surface area contributed by atoms with Gasteiger partial charge in [-0.15, -0.1) is 0 Å². The summed E-state index contributed by atoms with van der Waals surface area (Å²) >= 11 is 0. The lowest BCUT2D eigenvalue weighted by Gasteiger charge is -1.88. The van der Waals surface area contributed by atoms with Crippen molar-refractivity contribution in [3.8, 4) is 0 Å². The first-order chi connectivity index (χ1) is 4.70. The number of hydrogen-bond donors (Lipinski definition) is 2. The molecule has 10 heavy (non-hydrogen) atoms. The van der Waals surface area contributed by atoms with Crippen molar-refractivity contribution in [3.63, 3.8) is 0 Å². The highest BCUT2D eigenvalue weighted by Gasteiger charge is 1.77. The van der Waals surface area contributed by atoms with E-state index in [1.54, 1.807) is 24.3 Å². The van der Waals surface area contributed by atoms with Gasteiger partial charge >= 0.3 is 0 Å². The van der Waals surface area contributed by atoms with Crippen molar-refractivity contribution in [2.24, 2.45) is 11.5 Å². The normalized spacial score (nSPS) is 12.8. The molecule has 0 spiro atoms. The van der Waals surface area contributed by atoms with Gasteiger partial charge in [-0.25, -0.2) is 0 Å². The zero-order valence-corrected chi connectivity index (χ0v) is 5.88. The van der Waals surface area contributed by atoms with Crippen LogP contribution >= 0.6 is 0 Å². The summed E-state index contributed by atoms with van der Waals surface area (Å²) < 4.78 is 0. The van der Waals surface area contributed by atoms with Crippen LogP contribution in [0.5, 0.6) is 0 Å². The van der Waals surface area contributed by atoms with Crippen LogP contribution in [0.25, 0.3) is 0 Å². The highest BCUT2D eigenvalue weighted by molar-refractivity contribution is 5.24. The molecule has 0 atom stereocenters. The number of nitrogens with two attached hydrogens (primary N) is 2. The van der Waals surface area contributed by atoms with Crippen molar-refractivity contribution in [2.75, 3.05) is 0 Å². The minimum absolute atomic E-state index is 0.588. The maximum Gasteiger partial charge on any atom is 0.0308 e. The molecule has 0 rings (SSSR count). The van der Waals surface area contributed by atoms with Gasteiger partial charge in [0.2, 0.25) is 0 Å². The van der Waals surface area contributed by atoms with E-state index in [1.807, 2.05) is 0 Å². The van der Waals surface area contributed by atoms with Gasteiger partial charge in [-0.2, -0.15) is 0 Å². The third-order valence-corrected chi connectivity index (χ3v) is 0.940. The molecule has 54 valence electrons. The SMILES string of the molecule is C=C/C(N)=C\C=C(\N)C=C. The Labute approximate surface area is 61.2 Å². The summed E-state index contributed by atoms with van der Waals surface area (Å²) in [6, 6.07) is 0. The molecule has 4 N–H and O–H groups in total. The highest BCUT2D eigenvalue weighted by Crippen LogP contribution is 1.89. The Morgan fingerprint density at radius 2 is 1.20 bits per heavy atom. The van der Waals surface area contributed by atoms with Crippen LogP contribution in [0.4, 0.5) is 0 Å². The summed E-state index contributed by atoms with van der Waals surface area (Å²) in [5.74, 6) is 0. The minimum atomic E-state index is 0.588. The fraction of sp³-hybridized carbons (Fsp3) is 0. The van der Waals surface area contributed by atoms with Crippen molar-refractivity contribution in [2.45, 2.75) is 0 Å². The van der Waals surface area contributed by atoms with Crippen molar-refractivity contribution in [3.05, 3.63) is 48.9 Å². The van der Waals surface area contributed by atoms with Gasteiger partial charge in [-0.05, 0) is 24.3 Å². The zero-order valence-electron chi connectivity index (χ0n) is 5.88. The fourth-order valence-corrected chi connectivity index (χ4v) is 0.329. The Balaban J connectivity index is 4.16. The average molecular weight is 136 g/mol. The van der Waals surface area contributed by atoms with E-state index in [9.17, 15) is 0 Å². The number of hydrogen-bond acceptors (Lipinski definition) is 2. The molecule has 0 aromatic carbocycles. The first-order valence-corrected chi connectivity index (χ1v) is 2.88. The van der Waals surface area contributed by atoms with E-state index in [1.165, 1.54) is 0 Å². The maximum absolute atomic E-state index is 5.38. The molecule has 0 aliphatic heterocycles. The first kappa shape index (κ1) is 8.56. The topological polar surface area (TPSA) is 52.0 Å². The van der Waals surface area contributed by atoms with Gasteiger partial charge in [0, 0.05) is 11.4 Å². The van der Waals surface area contributed by atoms with Crippen LogP contribution in [-0.2, 0) is 0 Å². The molecule has 0 bridgehead atoms. The second kappa shape index (κ2) is 4.44. The Morgan fingerprint density at radius 3 is 1.40 bits per heavy atom. The standard InChI is InChI=1S/C8H12N2/c1-3-7(9)5-6-8(10)4-2/h3-6H,1-2,9-10H2/b7-5+,8-6+. The summed E-state index contributed by atoms with van der Waals surface area (Å²) in [6.45, 7) is 6.95. The summed E-state index contributed by atoms with van der Waals surface area (Å²) in [5.41, 5.74) is 11.9. The molecule has 0 saturated heterocycles.